The Kier molecular flexibility index (Phi) is 3.28. The largest absolute Gasteiger partial charge is 0.481 e. The lowest BCUT2D eigenvalue weighted by Gasteiger charge is -2.09. The van der Waals surface area contributed by atoms with E-state index in [0.717, 1.165) is 22.3 Å². The lowest BCUT2D eigenvalue weighted by atomic mass is 10.1. The van der Waals surface area contributed by atoms with Crippen LogP contribution in [0.2, 0.25) is 0 Å². The van der Waals surface area contributed by atoms with Gasteiger partial charge in [0.2, 0.25) is 6.79 Å². The Morgan fingerprint density at radius 3 is 2.95 bits per heavy atom. The number of aromatic nitrogens is 1. The first-order chi connectivity index (χ1) is 9.74. The molecular formula is C14H14N2O4. The summed E-state index contributed by atoms with van der Waals surface area (Å²) in [6.45, 7) is 0.799. The van der Waals surface area contributed by atoms with E-state index in [9.17, 15) is 4.79 Å². The lowest BCUT2D eigenvalue weighted by Crippen LogP contribution is -2.06. The van der Waals surface area contributed by atoms with E-state index >= 15 is 0 Å². The summed E-state index contributed by atoms with van der Waals surface area (Å²) in [5, 5.41) is 13.7. The van der Waals surface area contributed by atoms with Gasteiger partial charge < -0.3 is 19.9 Å². The number of hydrogen-bond acceptors (Lipinski definition) is 5. The van der Waals surface area contributed by atoms with Crippen LogP contribution in [0.3, 0.4) is 0 Å². The van der Waals surface area contributed by atoms with Crippen LogP contribution in [0.5, 0.6) is 11.5 Å². The smallest absolute Gasteiger partial charge is 0.303 e. The summed E-state index contributed by atoms with van der Waals surface area (Å²) in [5.41, 5.74) is 0. The highest BCUT2D eigenvalue weighted by Crippen LogP contribution is 2.37. The zero-order valence-electron chi connectivity index (χ0n) is 10.8. The van der Waals surface area contributed by atoms with Gasteiger partial charge in [-0.25, -0.2) is 4.98 Å². The Labute approximate surface area is 115 Å². The predicted molar refractivity (Wildman–Crippen MR) is 73.2 cm³/mol. The number of rotatable bonds is 5. The zero-order valence-corrected chi connectivity index (χ0v) is 10.8. The van der Waals surface area contributed by atoms with Crippen LogP contribution in [-0.4, -0.2) is 29.4 Å². The van der Waals surface area contributed by atoms with Crippen LogP contribution in [-0.2, 0) is 4.79 Å². The van der Waals surface area contributed by atoms with E-state index in [1.54, 1.807) is 6.20 Å². The molecule has 0 radical (unpaired) electrons. The van der Waals surface area contributed by atoms with Crippen molar-refractivity contribution in [3.63, 3.8) is 0 Å². The molecule has 0 atom stereocenters. The van der Waals surface area contributed by atoms with Crippen molar-refractivity contribution in [1.29, 1.82) is 0 Å². The van der Waals surface area contributed by atoms with Gasteiger partial charge in [0.05, 0.1) is 0 Å². The number of pyridine rings is 1. The van der Waals surface area contributed by atoms with E-state index in [1.807, 2.05) is 18.2 Å². The second-order valence-corrected chi connectivity index (χ2v) is 4.51. The van der Waals surface area contributed by atoms with Crippen molar-refractivity contribution < 1.29 is 19.4 Å². The monoisotopic (exact) mass is 274 g/mol. The molecule has 2 aromatic rings. The highest BCUT2D eigenvalue weighted by molar-refractivity contribution is 5.94. The van der Waals surface area contributed by atoms with Crippen molar-refractivity contribution >= 4 is 22.6 Å². The maximum absolute atomic E-state index is 10.5. The quantitative estimate of drug-likeness (QED) is 0.814. The molecule has 1 aromatic heterocycles. The Hall–Kier alpha value is -2.50. The summed E-state index contributed by atoms with van der Waals surface area (Å²) < 4.78 is 10.7. The van der Waals surface area contributed by atoms with Crippen molar-refractivity contribution in [2.75, 3.05) is 18.7 Å². The summed E-state index contributed by atoms with van der Waals surface area (Å²) in [6.07, 6.45) is 2.41. The molecule has 1 aliphatic heterocycles. The van der Waals surface area contributed by atoms with Crippen LogP contribution in [0.15, 0.2) is 24.4 Å². The van der Waals surface area contributed by atoms with Crippen molar-refractivity contribution in [2.45, 2.75) is 12.8 Å². The number of nitrogens with zero attached hydrogens (tertiary/aromatic N) is 1. The van der Waals surface area contributed by atoms with E-state index in [1.165, 1.54) is 0 Å². The molecule has 1 aromatic carbocycles. The summed E-state index contributed by atoms with van der Waals surface area (Å²) in [5.74, 6) is 1.38. The van der Waals surface area contributed by atoms with Gasteiger partial charge in [0.15, 0.2) is 11.5 Å². The van der Waals surface area contributed by atoms with Gasteiger partial charge in [0.25, 0.3) is 0 Å². The van der Waals surface area contributed by atoms with Crippen LogP contribution in [0.25, 0.3) is 10.8 Å². The van der Waals surface area contributed by atoms with E-state index in [4.69, 9.17) is 14.6 Å². The molecule has 1 aliphatic rings. The number of nitrogens with one attached hydrogen (secondary N) is 1. The minimum absolute atomic E-state index is 0.143. The average Bonchev–Trinajstić information content (AvgIpc) is 2.88. The number of carboxylic acid groups (broad SMARTS) is 1. The first-order valence-corrected chi connectivity index (χ1v) is 6.38. The highest BCUT2D eigenvalue weighted by atomic mass is 16.7. The molecule has 6 nitrogen and oxygen atoms in total. The fraction of sp³-hybridized carbons (Fsp3) is 0.286. The van der Waals surface area contributed by atoms with Crippen LogP contribution in [0, 0.1) is 0 Å². The molecule has 104 valence electrons. The Bertz CT molecular complexity index is 657. The Morgan fingerprint density at radius 1 is 1.35 bits per heavy atom. The van der Waals surface area contributed by atoms with Crippen LogP contribution in [0.1, 0.15) is 12.8 Å². The second kappa shape index (κ2) is 5.24. The number of anilines is 1. The van der Waals surface area contributed by atoms with Crippen molar-refractivity contribution in [3.8, 4) is 11.5 Å². The van der Waals surface area contributed by atoms with E-state index in [2.05, 4.69) is 10.3 Å². The molecule has 0 spiro atoms. The van der Waals surface area contributed by atoms with Gasteiger partial charge in [-0.1, -0.05) is 0 Å². The SMILES string of the molecule is O=C(O)CCCNc1nccc2cc3c(cc12)OCO3. The minimum atomic E-state index is -0.791. The number of carboxylic acids is 1. The van der Waals surface area contributed by atoms with Crippen molar-refractivity contribution in [1.82, 2.24) is 4.98 Å². The fourth-order valence-electron chi connectivity index (χ4n) is 2.15. The normalized spacial score (nSPS) is 12.6. The van der Waals surface area contributed by atoms with Gasteiger partial charge in [-0.15, -0.1) is 0 Å². The molecule has 0 fully saturated rings. The topological polar surface area (TPSA) is 80.7 Å². The molecule has 0 bridgehead atoms. The number of ether oxygens (including phenoxy) is 2. The van der Waals surface area contributed by atoms with Crippen molar-refractivity contribution in [2.24, 2.45) is 0 Å². The first-order valence-electron chi connectivity index (χ1n) is 6.38. The standard InChI is InChI=1S/C14H14N2O4/c17-13(18)2-1-4-15-14-10-7-12-11(19-8-20-12)6-9(10)3-5-16-14/h3,5-7H,1-2,4,8H2,(H,15,16)(H,17,18). The number of hydrogen-bond donors (Lipinski definition) is 2. The molecular weight excluding hydrogens is 260 g/mol. The molecule has 0 saturated heterocycles. The lowest BCUT2D eigenvalue weighted by molar-refractivity contribution is -0.137. The van der Waals surface area contributed by atoms with Gasteiger partial charge in [0, 0.05) is 24.5 Å². The fourth-order valence-corrected chi connectivity index (χ4v) is 2.15. The van der Waals surface area contributed by atoms with Gasteiger partial charge in [-0.2, -0.15) is 0 Å². The summed E-state index contributed by atoms with van der Waals surface area (Å²) in [6, 6.07) is 5.71. The molecule has 0 amide bonds. The molecule has 20 heavy (non-hydrogen) atoms. The van der Waals surface area contributed by atoms with Gasteiger partial charge in [-0.05, 0) is 30.0 Å². The van der Waals surface area contributed by atoms with E-state index in [-0.39, 0.29) is 13.2 Å². The van der Waals surface area contributed by atoms with Crippen LogP contribution < -0.4 is 14.8 Å². The third kappa shape index (κ3) is 2.45. The zero-order chi connectivity index (χ0) is 13.9. The average molecular weight is 274 g/mol. The molecule has 3 rings (SSSR count). The first kappa shape index (κ1) is 12.5. The van der Waals surface area contributed by atoms with Gasteiger partial charge in [0.1, 0.15) is 5.82 Å². The van der Waals surface area contributed by atoms with Gasteiger partial charge >= 0.3 is 5.97 Å². The summed E-state index contributed by atoms with van der Waals surface area (Å²) in [7, 11) is 0. The number of benzene rings is 1. The summed E-state index contributed by atoms with van der Waals surface area (Å²) in [4.78, 5) is 14.8. The molecule has 0 aliphatic carbocycles. The molecule has 2 N–H and O–H groups in total. The van der Waals surface area contributed by atoms with Crippen LogP contribution >= 0.6 is 0 Å². The second-order valence-electron chi connectivity index (χ2n) is 4.51. The Morgan fingerprint density at radius 2 is 2.15 bits per heavy atom. The predicted octanol–water partition coefficient (Wildman–Crippen LogP) is 2.24. The molecule has 0 unspecified atom stereocenters. The number of aliphatic carboxylic acids is 1. The van der Waals surface area contributed by atoms with Crippen LogP contribution in [0.4, 0.5) is 5.82 Å². The third-order valence-corrected chi connectivity index (χ3v) is 3.12. The Balaban J connectivity index is 1.82. The molecule has 2 heterocycles. The maximum atomic E-state index is 10.5. The van der Waals surface area contributed by atoms with Crippen molar-refractivity contribution in [3.05, 3.63) is 24.4 Å². The number of fused-ring (bicyclic) bond motifs is 2. The highest BCUT2D eigenvalue weighted by Gasteiger charge is 2.15. The maximum Gasteiger partial charge on any atom is 0.303 e. The van der Waals surface area contributed by atoms with E-state index < -0.39 is 5.97 Å². The minimum Gasteiger partial charge on any atom is -0.481 e. The molecule has 6 heteroatoms. The summed E-state index contributed by atoms with van der Waals surface area (Å²) >= 11 is 0. The molecule has 0 saturated carbocycles. The third-order valence-electron chi connectivity index (χ3n) is 3.12. The number of carbonyl (C=O) groups is 1. The van der Waals surface area contributed by atoms with Gasteiger partial charge in [-0.3, -0.25) is 4.79 Å². The van der Waals surface area contributed by atoms with E-state index in [0.29, 0.717) is 18.7 Å².